The van der Waals surface area contributed by atoms with Crippen LogP contribution in [0.4, 0.5) is 0 Å². The molecule has 0 aromatic heterocycles. The number of nitrogens with one attached hydrogen (secondary N) is 1. The van der Waals surface area contributed by atoms with E-state index in [1.54, 1.807) is 0 Å². The second kappa shape index (κ2) is 6.16. The van der Waals surface area contributed by atoms with Crippen molar-refractivity contribution in [2.24, 2.45) is 29.1 Å². The highest BCUT2D eigenvalue weighted by Gasteiger charge is 2.43. The first-order valence-corrected chi connectivity index (χ1v) is 8.62. The molecule has 19 heavy (non-hydrogen) atoms. The van der Waals surface area contributed by atoms with Crippen molar-refractivity contribution in [1.82, 2.24) is 5.32 Å². The first kappa shape index (κ1) is 15.4. The lowest BCUT2D eigenvalue weighted by atomic mass is 9.58. The molecule has 3 atom stereocenters. The van der Waals surface area contributed by atoms with Crippen LogP contribution >= 0.6 is 0 Å². The third-order valence-corrected chi connectivity index (χ3v) is 6.51. The molecule has 0 saturated heterocycles. The Kier molecular flexibility index (Phi) is 4.98. The van der Waals surface area contributed by atoms with Crippen LogP contribution in [0.25, 0.3) is 0 Å². The first-order chi connectivity index (χ1) is 8.95. The van der Waals surface area contributed by atoms with Gasteiger partial charge < -0.3 is 5.32 Å². The van der Waals surface area contributed by atoms with E-state index in [-0.39, 0.29) is 0 Å². The second-order valence-electron chi connectivity index (χ2n) is 8.20. The Morgan fingerprint density at radius 2 is 1.42 bits per heavy atom. The average molecular weight is 265 g/mol. The fourth-order valence-corrected chi connectivity index (χ4v) is 4.90. The maximum Gasteiger partial charge on any atom is 0.0100 e. The summed E-state index contributed by atoms with van der Waals surface area (Å²) in [4.78, 5) is 0. The van der Waals surface area contributed by atoms with E-state index in [1.165, 1.54) is 44.9 Å². The molecule has 2 fully saturated rings. The van der Waals surface area contributed by atoms with Gasteiger partial charge in [-0.05, 0) is 61.8 Å². The zero-order valence-electron chi connectivity index (χ0n) is 13.8. The van der Waals surface area contributed by atoms with Crippen LogP contribution in [-0.4, -0.2) is 13.1 Å². The molecule has 2 aliphatic carbocycles. The van der Waals surface area contributed by atoms with Crippen molar-refractivity contribution in [1.29, 1.82) is 0 Å². The molecule has 1 N–H and O–H groups in total. The topological polar surface area (TPSA) is 12.0 Å². The van der Waals surface area contributed by atoms with Crippen LogP contribution in [0.5, 0.6) is 0 Å². The van der Waals surface area contributed by atoms with Gasteiger partial charge in [-0.3, -0.25) is 0 Å². The van der Waals surface area contributed by atoms with Crippen molar-refractivity contribution >= 4 is 0 Å². The Hall–Kier alpha value is -0.0400. The van der Waals surface area contributed by atoms with Crippen molar-refractivity contribution in [3.05, 3.63) is 0 Å². The minimum atomic E-state index is 0.522. The zero-order valence-corrected chi connectivity index (χ0v) is 13.8. The molecular formula is C18H35N. The van der Waals surface area contributed by atoms with Gasteiger partial charge in [0.2, 0.25) is 0 Å². The first-order valence-electron chi connectivity index (χ1n) is 8.62. The van der Waals surface area contributed by atoms with E-state index in [0.717, 1.165) is 29.7 Å². The van der Waals surface area contributed by atoms with Gasteiger partial charge in [0, 0.05) is 6.04 Å². The van der Waals surface area contributed by atoms with Crippen LogP contribution in [0.2, 0.25) is 0 Å². The summed E-state index contributed by atoms with van der Waals surface area (Å²) in [6.45, 7) is 10.00. The molecule has 0 aromatic carbocycles. The van der Waals surface area contributed by atoms with E-state index >= 15 is 0 Å². The Labute approximate surface area is 120 Å². The van der Waals surface area contributed by atoms with E-state index in [9.17, 15) is 0 Å². The summed E-state index contributed by atoms with van der Waals surface area (Å²) in [5.74, 6) is 3.72. The number of hydrogen-bond acceptors (Lipinski definition) is 1. The van der Waals surface area contributed by atoms with Crippen molar-refractivity contribution in [3.8, 4) is 0 Å². The number of hydrogen-bond donors (Lipinski definition) is 1. The highest BCUT2D eigenvalue weighted by molar-refractivity contribution is 4.95. The van der Waals surface area contributed by atoms with Gasteiger partial charge in [-0.1, -0.05) is 47.0 Å². The van der Waals surface area contributed by atoms with Gasteiger partial charge in [-0.2, -0.15) is 0 Å². The lowest BCUT2D eigenvalue weighted by Gasteiger charge is -2.49. The standard InChI is InChI=1S/C18H35N/c1-13-6-9-15(10-7-13)18(3,4)16-11-8-14(2)12-17(16)19-5/h13-17,19H,6-12H2,1-5H3. The largest absolute Gasteiger partial charge is 0.317 e. The smallest absolute Gasteiger partial charge is 0.0100 e. The lowest BCUT2D eigenvalue weighted by molar-refractivity contribution is 0.0217. The molecule has 2 aliphatic rings. The van der Waals surface area contributed by atoms with Crippen LogP contribution in [0.15, 0.2) is 0 Å². The Balaban J connectivity index is 2.04. The van der Waals surface area contributed by atoms with Crippen LogP contribution in [-0.2, 0) is 0 Å². The summed E-state index contributed by atoms with van der Waals surface area (Å²) >= 11 is 0. The zero-order chi connectivity index (χ0) is 14.0. The molecule has 1 heteroatoms. The van der Waals surface area contributed by atoms with Gasteiger partial charge >= 0.3 is 0 Å². The summed E-state index contributed by atoms with van der Waals surface area (Å²) < 4.78 is 0. The van der Waals surface area contributed by atoms with Gasteiger partial charge in [0.05, 0.1) is 0 Å². The van der Waals surface area contributed by atoms with E-state index in [0.29, 0.717) is 5.41 Å². The van der Waals surface area contributed by atoms with Crippen LogP contribution in [0.3, 0.4) is 0 Å². The van der Waals surface area contributed by atoms with Gasteiger partial charge in [0.15, 0.2) is 0 Å². The van der Waals surface area contributed by atoms with E-state index in [1.807, 2.05) is 0 Å². The quantitative estimate of drug-likeness (QED) is 0.768. The molecule has 0 radical (unpaired) electrons. The third kappa shape index (κ3) is 3.35. The summed E-state index contributed by atoms with van der Waals surface area (Å²) in [7, 11) is 2.18. The Morgan fingerprint density at radius 1 is 0.842 bits per heavy atom. The molecule has 3 unspecified atom stereocenters. The van der Waals surface area contributed by atoms with Crippen LogP contribution in [0.1, 0.15) is 72.6 Å². The van der Waals surface area contributed by atoms with Crippen LogP contribution < -0.4 is 5.32 Å². The molecule has 0 spiro atoms. The molecule has 112 valence electrons. The minimum absolute atomic E-state index is 0.522. The van der Waals surface area contributed by atoms with Crippen molar-refractivity contribution in [3.63, 3.8) is 0 Å². The highest BCUT2D eigenvalue weighted by Crippen LogP contribution is 2.49. The molecule has 2 saturated carbocycles. The molecule has 2 rings (SSSR count). The maximum atomic E-state index is 3.64. The minimum Gasteiger partial charge on any atom is -0.317 e. The van der Waals surface area contributed by atoms with Crippen LogP contribution in [0, 0.1) is 29.1 Å². The predicted molar refractivity (Wildman–Crippen MR) is 84.3 cm³/mol. The van der Waals surface area contributed by atoms with Crippen molar-refractivity contribution in [2.45, 2.75) is 78.7 Å². The highest BCUT2D eigenvalue weighted by atomic mass is 14.9. The summed E-state index contributed by atoms with van der Waals surface area (Å²) in [6.07, 6.45) is 10.1. The molecule has 0 aromatic rings. The van der Waals surface area contributed by atoms with E-state index in [2.05, 4.69) is 40.1 Å². The molecule has 0 aliphatic heterocycles. The van der Waals surface area contributed by atoms with Crippen molar-refractivity contribution < 1.29 is 0 Å². The Morgan fingerprint density at radius 3 is 2.00 bits per heavy atom. The molecule has 0 bridgehead atoms. The third-order valence-electron chi connectivity index (χ3n) is 6.51. The molecule has 0 heterocycles. The van der Waals surface area contributed by atoms with Gasteiger partial charge in [0.25, 0.3) is 0 Å². The monoisotopic (exact) mass is 265 g/mol. The normalized spacial score (nSPS) is 41.2. The van der Waals surface area contributed by atoms with Gasteiger partial charge in [0.1, 0.15) is 0 Å². The molecular weight excluding hydrogens is 230 g/mol. The van der Waals surface area contributed by atoms with E-state index < -0.39 is 0 Å². The summed E-state index contributed by atoms with van der Waals surface area (Å²) in [6, 6.07) is 0.748. The Bertz CT molecular complexity index is 275. The summed E-state index contributed by atoms with van der Waals surface area (Å²) in [5, 5.41) is 3.64. The number of rotatable bonds is 3. The second-order valence-corrected chi connectivity index (χ2v) is 8.20. The fourth-order valence-electron chi connectivity index (χ4n) is 4.90. The van der Waals surface area contributed by atoms with E-state index in [4.69, 9.17) is 0 Å². The van der Waals surface area contributed by atoms with Gasteiger partial charge in [-0.25, -0.2) is 0 Å². The molecule has 0 amide bonds. The SMILES string of the molecule is CNC1CC(C)CCC1C(C)(C)C1CCC(C)CC1. The van der Waals surface area contributed by atoms with Crippen molar-refractivity contribution in [2.75, 3.05) is 7.05 Å². The molecule has 1 nitrogen and oxygen atoms in total. The fraction of sp³-hybridized carbons (Fsp3) is 1.00. The van der Waals surface area contributed by atoms with Gasteiger partial charge in [-0.15, -0.1) is 0 Å². The maximum absolute atomic E-state index is 3.64. The summed E-state index contributed by atoms with van der Waals surface area (Å²) in [5.41, 5.74) is 0.522. The lowest BCUT2D eigenvalue weighted by Crippen LogP contribution is -2.48. The average Bonchev–Trinajstić information content (AvgIpc) is 2.38. The predicted octanol–water partition coefficient (Wildman–Crippen LogP) is 4.86.